The molecule has 1 aliphatic heterocycles. The van der Waals surface area contributed by atoms with E-state index in [2.05, 4.69) is 16.4 Å². The summed E-state index contributed by atoms with van der Waals surface area (Å²) in [6, 6.07) is 7.41. The van der Waals surface area contributed by atoms with E-state index in [4.69, 9.17) is 4.74 Å². The van der Waals surface area contributed by atoms with Crippen LogP contribution in [0.5, 0.6) is 0 Å². The van der Waals surface area contributed by atoms with Crippen molar-refractivity contribution in [2.75, 3.05) is 6.61 Å². The van der Waals surface area contributed by atoms with Crippen molar-refractivity contribution in [2.45, 2.75) is 38.8 Å². The molecule has 1 aliphatic rings. The molecule has 0 aliphatic carbocycles. The van der Waals surface area contributed by atoms with Crippen molar-refractivity contribution in [1.82, 2.24) is 10.3 Å². The Balaban J connectivity index is 2.39. The summed E-state index contributed by atoms with van der Waals surface area (Å²) in [5, 5.41) is 22.4. The Hall–Kier alpha value is -2.06. The van der Waals surface area contributed by atoms with Gasteiger partial charge in [0.05, 0.1) is 23.0 Å². The second-order valence-electron chi connectivity index (χ2n) is 5.49. The Morgan fingerprint density at radius 1 is 1.60 bits per heavy atom. The maximum absolute atomic E-state index is 9.85. The zero-order valence-corrected chi connectivity index (χ0v) is 12.0. The molecule has 0 aromatic carbocycles. The predicted octanol–water partition coefficient (Wildman–Crippen LogP) is 2.12. The van der Waals surface area contributed by atoms with E-state index in [1.54, 1.807) is 18.2 Å². The number of nitrogens with zero attached hydrogens (tertiary/aromatic N) is 2. The van der Waals surface area contributed by atoms with Crippen LogP contribution in [0.3, 0.4) is 0 Å². The van der Waals surface area contributed by atoms with Gasteiger partial charge in [-0.2, -0.15) is 5.26 Å². The number of hydrogen-bond acceptors (Lipinski definition) is 5. The molecule has 0 saturated carbocycles. The number of nitrogens with one attached hydrogen (secondary N) is 1. The fraction of sp³-hybridized carbons (Fsp3) is 0.467. The number of rotatable bonds is 3. The van der Waals surface area contributed by atoms with Crippen LogP contribution >= 0.6 is 0 Å². The molecule has 0 spiro atoms. The molecule has 1 saturated heterocycles. The number of nitriles is 1. The first-order valence-corrected chi connectivity index (χ1v) is 6.67. The lowest BCUT2D eigenvalue weighted by atomic mass is 10.1. The van der Waals surface area contributed by atoms with Gasteiger partial charge in [-0.05, 0) is 32.4 Å². The van der Waals surface area contributed by atoms with Crippen LogP contribution < -0.4 is 5.32 Å². The van der Waals surface area contributed by atoms with Crippen molar-refractivity contribution in [3.63, 3.8) is 0 Å². The molecule has 0 bridgehead atoms. The normalized spacial score (nSPS) is 20.6. The van der Waals surface area contributed by atoms with Crippen LogP contribution in [0.2, 0.25) is 0 Å². The van der Waals surface area contributed by atoms with Gasteiger partial charge in [-0.15, -0.1) is 0 Å². The topological polar surface area (TPSA) is 78.2 Å². The van der Waals surface area contributed by atoms with E-state index in [1.165, 1.54) is 0 Å². The van der Waals surface area contributed by atoms with Gasteiger partial charge in [0.1, 0.15) is 18.2 Å². The van der Waals surface area contributed by atoms with Gasteiger partial charge in [0.15, 0.2) is 0 Å². The largest absolute Gasteiger partial charge is 0.476 e. The first kappa shape index (κ1) is 14.4. The van der Waals surface area contributed by atoms with Gasteiger partial charge in [0, 0.05) is 0 Å². The highest BCUT2D eigenvalue weighted by atomic mass is 16.5. The Bertz CT molecular complexity index is 573. The lowest BCUT2D eigenvalue weighted by Crippen LogP contribution is -2.34. The van der Waals surface area contributed by atoms with E-state index in [0.29, 0.717) is 35.9 Å². The molecule has 1 aromatic heterocycles. The van der Waals surface area contributed by atoms with Gasteiger partial charge in [0.25, 0.3) is 0 Å². The lowest BCUT2D eigenvalue weighted by molar-refractivity contribution is 0.169. The SMILES string of the molecule is CCC(O)c1cccc(/C(C#N)=C2/NC(C)(C)CO2)n1. The summed E-state index contributed by atoms with van der Waals surface area (Å²) >= 11 is 0. The van der Waals surface area contributed by atoms with Crippen LogP contribution in [0, 0.1) is 11.3 Å². The molecule has 5 nitrogen and oxygen atoms in total. The fourth-order valence-electron chi connectivity index (χ4n) is 1.98. The van der Waals surface area contributed by atoms with Crippen molar-refractivity contribution in [3.8, 4) is 6.07 Å². The highest BCUT2D eigenvalue weighted by molar-refractivity contribution is 5.76. The van der Waals surface area contributed by atoms with Crippen LogP contribution in [0.25, 0.3) is 5.57 Å². The second-order valence-corrected chi connectivity index (χ2v) is 5.49. The summed E-state index contributed by atoms with van der Waals surface area (Å²) in [4.78, 5) is 4.36. The molecule has 1 unspecified atom stereocenters. The van der Waals surface area contributed by atoms with Gasteiger partial charge in [-0.25, -0.2) is 4.98 Å². The van der Waals surface area contributed by atoms with E-state index in [0.717, 1.165) is 0 Å². The first-order valence-electron chi connectivity index (χ1n) is 6.67. The summed E-state index contributed by atoms with van der Waals surface area (Å²) < 4.78 is 5.55. The standard InChI is InChI=1S/C15H19N3O2/c1-4-13(19)12-7-5-6-11(17-12)10(8-16)14-18-15(2,3)9-20-14/h5-7,13,18-19H,4,9H2,1-3H3/b14-10-. The quantitative estimate of drug-likeness (QED) is 0.825. The Morgan fingerprint density at radius 3 is 2.90 bits per heavy atom. The average molecular weight is 273 g/mol. The van der Waals surface area contributed by atoms with Gasteiger partial charge in [-0.3, -0.25) is 0 Å². The molecular weight excluding hydrogens is 254 g/mol. The maximum Gasteiger partial charge on any atom is 0.207 e. The minimum atomic E-state index is -0.617. The van der Waals surface area contributed by atoms with E-state index in [9.17, 15) is 10.4 Å². The monoisotopic (exact) mass is 273 g/mol. The minimum absolute atomic E-state index is 0.196. The Morgan fingerprint density at radius 2 is 2.35 bits per heavy atom. The molecule has 5 heteroatoms. The van der Waals surface area contributed by atoms with E-state index < -0.39 is 6.10 Å². The number of ether oxygens (including phenoxy) is 1. The van der Waals surface area contributed by atoms with Crippen LogP contribution in [0.15, 0.2) is 24.1 Å². The van der Waals surface area contributed by atoms with Crippen LogP contribution in [0.1, 0.15) is 44.7 Å². The number of aliphatic hydroxyl groups excluding tert-OH is 1. The van der Waals surface area contributed by atoms with Crippen molar-refractivity contribution in [2.24, 2.45) is 0 Å². The molecular formula is C15H19N3O2. The van der Waals surface area contributed by atoms with Crippen LogP contribution in [0.4, 0.5) is 0 Å². The van der Waals surface area contributed by atoms with Gasteiger partial charge in [-0.1, -0.05) is 13.0 Å². The molecule has 2 rings (SSSR count). The number of allylic oxidation sites excluding steroid dienone is 1. The van der Waals surface area contributed by atoms with Crippen molar-refractivity contribution in [1.29, 1.82) is 5.26 Å². The molecule has 106 valence electrons. The molecule has 1 aromatic rings. The zero-order valence-electron chi connectivity index (χ0n) is 12.0. The zero-order chi connectivity index (χ0) is 14.8. The summed E-state index contributed by atoms with van der Waals surface area (Å²) in [6.07, 6.45) is -0.0368. The first-order chi connectivity index (χ1) is 9.46. The van der Waals surface area contributed by atoms with Crippen LogP contribution in [-0.4, -0.2) is 22.2 Å². The summed E-state index contributed by atoms with van der Waals surface area (Å²) in [7, 11) is 0. The lowest BCUT2D eigenvalue weighted by Gasteiger charge is -2.14. The van der Waals surface area contributed by atoms with Crippen LogP contribution in [-0.2, 0) is 4.74 Å². The third-order valence-electron chi connectivity index (χ3n) is 3.12. The predicted molar refractivity (Wildman–Crippen MR) is 75.2 cm³/mol. The van der Waals surface area contributed by atoms with E-state index >= 15 is 0 Å². The summed E-state index contributed by atoms with van der Waals surface area (Å²) in [5.41, 5.74) is 1.24. The molecule has 1 fully saturated rings. The highest BCUT2D eigenvalue weighted by Crippen LogP contribution is 2.25. The number of aromatic nitrogens is 1. The number of pyridine rings is 1. The molecule has 20 heavy (non-hydrogen) atoms. The molecule has 0 radical (unpaired) electrons. The Kier molecular flexibility index (Phi) is 3.96. The van der Waals surface area contributed by atoms with Crippen molar-refractivity contribution >= 4 is 5.57 Å². The van der Waals surface area contributed by atoms with Gasteiger partial charge < -0.3 is 15.2 Å². The minimum Gasteiger partial charge on any atom is -0.476 e. The second kappa shape index (κ2) is 5.51. The third kappa shape index (κ3) is 2.91. The smallest absolute Gasteiger partial charge is 0.207 e. The number of hydrogen-bond donors (Lipinski definition) is 2. The highest BCUT2D eigenvalue weighted by Gasteiger charge is 2.30. The molecule has 2 N–H and O–H groups in total. The Labute approximate surface area is 118 Å². The molecule has 1 atom stereocenters. The van der Waals surface area contributed by atoms with Crippen molar-refractivity contribution in [3.05, 3.63) is 35.5 Å². The van der Waals surface area contributed by atoms with Gasteiger partial charge in [0.2, 0.25) is 5.88 Å². The van der Waals surface area contributed by atoms with Crippen molar-refractivity contribution < 1.29 is 9.84 Å². The van der Waals surface area contributed by atoms with E-state index in [-0.39, 0.29) is 5.54 Å². The fourth-order valence-corrected chi connectivity index (χ4v) is 1.98. The maximum atomic E-state index is 9.85. The third-order valence-corrected chi connectivity index (χ3v) is 3.12. The van der Waals surface area contributed by atoms with E-state index in [1.807, 2.05) is 20.8 Å². The summed E-state index contributed by atoms with van der Waals surface area (Å²) in [6.45, 7) is 6.39. The number of aliphatic hydroxyl groups is 1. The molecule has 2 heterocycles. The summed E-state index contributed by atoms with van der Waals surface area (Å²) in [5.74, 6) is 0.452. The van der Waals surface area contributed by atoms with Gasteiger partial charge >= 0.3 is 0 Å². The molecule has 0 amide bonds. The average Bonchev–Trinajstić information content (AvgIpc) is 2.79.